The molecular weight excluding hydrogens is 1890 g/mol. The van der Waals surface area contributed by atoms with Gasteiger partial charge in [0.2, 0.25) is 11.8 Å². The SMILES string of the molecule is CC(C)(C)C(=O)N1CC(n2cc(NC(=O)c3ccc(-c4cn[nH]c4)o3)c(-c3ccccn3)n2)C1.CC(C)C(=O)N1CC(n2cc(NC(=O)c3ccc(-c4cn[nH]c4)o3)c(-c3ccccn3)n2)C1.O=C(Nc1cn(C2CN(C(=O)N3CCCC3)C2)nc1-c1ccccn1)c1ccc(-c2cn[nH]c2)o1.O=C(Nc1cn(C2CN(C(=O)N3CCCC3)C2)nc1-c1ccccn1)c1ccc(-c2cn[nH]c2)o1.O=CO.O=CO.O=CO. The molecule has 6 fully saturated rings. The number of furan rings is 4. The van der Waals surface area contributed by atoms with Crippen molar-refractivity contribution in [2.24, 2.45) is 11.3 Å². The molecule has 0 aliphatic carbocycles. The Labute approximate surface area is 830 Å². The molecule has 16 aromatic heterocycles. The molecule has 0 bridgehead atoms. The number of carbonyl (C=O) groups excluding carboxylic acids is 8. The molecule has 146 heavy (non-hydrogen) atoms. The molecule has 11 N–H and O–H groups in total. The summed E-state index contributed by atoms with van der Waals surface area (Å²) in [7, 11) is 0. The first-order chi connectivity index (χ1) is 70.8. The normalized spacial score (nSPS) is 14.3. The molecule has 22 rings (SSSR count). The Kier molecular flexibility index (Phi) is 31.6. The first-order valence-electron chi connectivity index (χ1n) is 46.4. The number of H-pyrrole nitrogens is 4. The van der Waals surface area contributed by atoms with Crippen LogP contribution in [0.25, 0.3) is 90.8 Å². The van der Waals surface area contributed by atoms with Crippen LogP contribution < -0.4 is 21.3 Å². The summed E-state index contributed by atoms with van der Waals surface area (Å²) < 4.78 is 30.1. The van der Waals surface area contributed by atoms with Crippen LogP contribution in [0.1, 0.15) is 127 Å². The number of rotatable bonds is 21. The Bertz CT molecular complexity index is 6860. The van der Waals surface area contributed by atoms with Crippen molar-refractivity contribution in [3.8, 4) is 90.8 Å². The Morgan fingerprint density at radius 3 is 0.822 bits per heavy atom. The van der Waals surface area contributed by atoms with Crippen molar-refractivity contribution in [1.82, 2.24) is 129 Å². The molecule has 752 valence electrons. The predicted octanol–water partition coefficient (Wildman–Crippen LogP) is 12.4. The van der Waals surface area contributed by atoms with Crippen molar-refractivity contribution in [1.29, 1.82) is 0 Å². The third-order valence-corrected chi connectivity index (χ3v) is 24.0. The van der Waals surface area contributed by atoms with Crippen LogP contribution in [0.2, 0.25) is 0 Å². The number of nitrogens with zero attached hydrogens (tertiary/aromatic N) is 22. The second-order valence-corrected chi connectivity index (χ2v) is 35.3. The number of hydrogen-bond acceptors (Lipinski definition) is 27. The van der Waals surface area contributed by atoms with Crippen LogP contribution in [0.3, 0.4) is 0 Å². The maximum atomic E-state index is 13.0. The van der Waals surface area contributed by atoms with E-state index in [1.165, 1.54) is 0 Å². The number of nitrogens with one attached hydrogen (secondary N) is 8. The summed E-state index contributed by atoms with van der Waals surface area (Å²) in [6, 6.07) is 35.8. The topological polar surface area (TPSA) is 606 Å². The van der Waals surface area contributed by atoms with Gasteiger partial charge in [0.25, 0.3) is 43.0 Å². The van der Waals surface area contributed by atoms with Crippen LogP contribution in [0.15, 0.2) is 238 Å². The molecule has 48 heteroatoms. The fourth-order valence-corrected chi connectivity index (χ4v) is 16.4. The molecule has 0 radical (unpaired) electrons. The van der Waals surface area contributed by atoms with Crippen molar-refractivity contribution < 1.29 is 85.7 Å². The quantitative estimate of drug-likeness (QED) is 0.0298. The van der Waals surface area contributed by atoms with Gasteiger partial charge in [-0.15, -0.1) is 0 Å². The van der Waals surface area contributed by atoms with E-state index in [-0.39, 0.29) is 96.4 Å². The number of urea groups is 2. The van der Waals surface area contributed by atoms with Gasteiger partial charge in [-0.1, -0.05) is 58.9 Å². The van der Waals surface area contributed by atoms with Crippen LogP contribution in [0.5, 0.6) is 0 Å². The second-order valence-electron chi connectivity index (χ2n) is 35.3. The van der Waals surface area contributed by atoms with E-state index in [2.05, 4.69) is 82.0 Å². The van der Waals surface area contributed by atoms with Crippen molar-refractivity contribution in [2.45, 2.75) is 84.5 Å². The Morgan fingerprint density at radius 2 is 0.603 bits per heavy atom. The molecular formula is C98H102N30O18. The highest BCUT2D eigenvalue weighted by Gasteiger charge is 2.42. The number of pyridine rings is 4. The summed E-state index contributed by atoms with van der Waals surface area (Å²) in [5.74, 6) is 1.47. The Balaban J connectivity index is 0.000000135. The molecule has 6 saturated heterocycles. The van der Waals surface area contributed by atoms with Crippen LogP contribution in [0.4, 0.5) is 32.3 Å². The van der Waals surface area contributed by atoms with Crippen LogP contribution in [-0.4, -0.2) is 290 Å². The van der Waals surface area contributed by atoms with Gasteiger partial charge < -0.3 is 83.7 Å². The molecule has 0 atom stereocenters. The van der Waals surface area contributed by atoms with E-state index >= 15 is 0 Å². The van der Waals surface area contributed by atoms with Crippen LogP contribution in [0, 0.1) is 11.3 Å². The summed E-state index contributed by atoms with van der Waals surface area (Å²) in [6.45, 7) is 16.7. The fraction of sp³-hybridized carbons (Fsp3) is 0.276. The van der Waals surface area contributed by atoms with E-state index in [9.17, 15) is 38.4 Å². The smallest absolute Gasteiger partial charge is 0.320 e. The molecule has 0 spiro atoms. The van der Waals surface area contributed by atoms with Gasteiger partial charge in [0.05, 0.1) is 117 Å². The molecule has 6 aliphatic rings. The monoisotopic (exact) mass is 1990 g/mol. The third-order valence-electron chi connectivity index (χ3n) is 24.0. The summed E-state index contributed by atoms with van der Waals surface area (Å²) in [6.07, 6.45) is 31.4. The fourth-order valence-electron chi connectivity index (χ4n) is 16.4. The van der Waals surface area contributed by atoms with Crippen LogP contribution in [-0.2, 0) is 24.0 Å². The number of amides is 10. The Morgan fingerprint density at radius 1 is 0.356 bits per heavy atom. The molecule has 0 saturated carbocycles. The number of aromatic nitrogens is 20. The van der Waals surface area contributed by atoms with Crippen molar-refractivity contribution in [3.05, 3.63) is 244 Å². The van der Waals surface area contributed by atoms with Crippen molar-refractivity contribution >= 4 is 89.7 Å². The minimum Gasteiger partial charge on any atom is -0.483 e. The number of carboxylic acid groups (broad SMARTS) is 3. The maximum absolute atomic E-state index is 13.0. The average Bonchev–Trinajstić information content (AvgIpc) is 1.62. The average molecular weight is 1990 g/mol. The zero-order valence-corrected chi connectivity index (χ0v) is 79.5. The summed E-state index contributed by atoms with van der Waals surface area (Å²) in [5.41, 5.74) is 9.47. The lowest BCUT2D eigenvalue weighted by atomic mass is 9.92. The summed E-state index contributed by atoms with van der Waals surface area (Å²) in [4.78, 5) is 156. The van der Waals surface area contributed by atoms with Crippen LogP contribution >= 0.6 is 0 Å². The molecule has 22 heterocycles. The molecule has 0 aromatic carbocycles. The summed E-state index contributed by atoms with van der Waals surface area (Å²) in [5, 5.41) is 77.7. The van der Waals surface area contributed by atoms with E-state index in [4.69, 9.17) is 67.8 Å². The minimum absolute atomic E-state index is 0.0238. The van der Waals surface area contributed by atoms with Crippen molar-refractivity contribution in [3.63, 3.8) is 0 Å². The summed E-state index contributed by atoms with van der Waals surface area (Å²) >= 11 is 0. The zero-order valence-electron chi connectivity index (χ0n) is 79.5. The van der Waals surface area contributed by atoms with Gasteiger partial charge in [0, 0.05) is 164 Å². The number of likely N-dealkylation sites (tertiary alicyclic amines) is 6. The molecule has 6 aliphatic heterocycles. The lowest BCUT2D eigenvalue weighted by Gasteiger charge is -2.42. The van der Waals surface area contributed by atoms with E-state index in [1.807, 2.05) is 146 Å². The minimum atomic E-state index is -0.425. The highest BCUT2D eigenvalue weighted by Crippen LogP contribution is 2.39. The van der Waals surface area contributed by atoms with Gasteiger partial charge >= 0.3 is 12.1 Å². The number of aromatic amines is 4. The number of hydrogen-bond donors (Lipinski definition) is 11. The van der Waals surface area contributed by atoms with E-state index < -0.39 is 29.0 Å². The van der Waals surface area contributed by atoms with Gasteiger partial charge in [-0.25, -0.2) is 9.59 Å². The third kappa shape index (κ3) is 23.7. The van der Waals surface area contributed by atoms with Gasteiger partial charge in [-0.3, -0.25) is 102 Å². The first kappa shape index (κ1) is 100. The van der Waals surface area contributed by atoms with Gasteiger partial charge in [-0.05, 0) is 123 Å². The highest BCUT2D eigenvalue weighted by molar-refractivity contribution is 6.07. The molecule has 48 nitrogen and oxygen atoms in total. The largest absolute Gasteiger partial charge is 0.483 e. The predicted molar refractivity (Wildman–Crippen MR) is 524 cm³/mol. The highest BCUT2D eigenvalue weighted by atomic mass is 16.4. The molecule has 0 unspecified atom stereocenters. The first-order valence-corrected chi connectivity index (χ1v) is 46.4. The standard InChI is InChI=1S/2C24H24N8O3.C24H25N7O3.C23H23N7O3.3CH2O2/c2*33-23(21-7-6-20(35-21)16-11-26-27-12-16)28-19-15-32(29-22(19)18-5-1-2-8-25-18)17-13-31(14-17)24(34)30-9-3-4-10-30;1-24(2,3)23(33)30-12-16(13-30)31-14-18(21(29-31)17-6-4-5-9-25-17)28-22(32)20-8-7-19(34-20)15-10-26-27-11-15;1-14(2)23(32)29-11-16(12-29)30-13-18(21(28-30)17-5-3-4-8-24-17)27-22(31)20-7-6-19(33-20)15-9-25-26-10-15;3*2-1-3/h2*1-2,5-8,11-12,15,17H,3-4,9-10,13-14H2,(H,26,27)(H,28,33);4-11,14,16H,12-13H2,1-3H3,(H,26,27)(H,28,32);3-10,13-14,16H,11-12H2,1-2H3,(H,25,26)(H,27,31);3*1H,(H,2,3). The van der Waals surface area contributed by atoms with Crippen molar-refractivity contribution in [2.75, 3.05) is 99.8 Å². The van der Waals surface area contributed by atoms with E-state index in [0.717, 1.165) is 74.1 Å². The van der Waals surface area contributed by atoms with Gasteiger partial charge in [-0.2, -0.15) is 40.8 Å². The maximum Gasteiger partial charge on any atom is 0.320 e. The van der Waals surface area contributed by atoms with E-state index in [1.54, 1.807) is 157 Å². The van der Waals surface area contributed by atoms with Gasteiger partial charge in [0.15, 0.2) is 23.0 Å². The molecule has 16 aromatic rings. The van der Waals surface area contributed by atoms with Gasteiger partial charge in [0.1, 0.15) is 45.8 Å². The zero-order chi connectivity index (χ0) is 102. The Hall–Kier alpha value is -18.8. The number of anilines is 4. The number of carbonyl (C=O) groups is 11. The molecule has 10 amide bonds. The lowest BCUT2D eigenvalue weighted by molar-refractivity contribution is -0.145. The second kappa shape index (κ2) is 46.1. The van der Waals surface area contributed by atoms with E-state index in [0.29, 0.717) is 144 Å². The lowest BCUT2D eigenvalue weighted by Crippen LogP contribution is -2.54.